The van der Waals surface area contributed by atoms with E-state index in [9.17, 15) is 13.2 Å². The molecule has 0 bridgehead atoms. The Balaban J connectivity index is 1.71. The van der Waals surface area contributed by atoms with Crippen molar-refractivity contribution in [2.24, 2.45) is 0 Å². The molecule has 0 aromatic heterocycles. The Morgan fingerprint density at radius 2 is 1.63 bits per heavy atom. The molecule has 0 saturated carbocycles. The third-order valence-corrected chi connectivity index (χ3v) is 7.33. The van der Waals surface area contributed by atoms with Gasteiger partial charge in [-0.3, -0.25) is 4.79 Å². The standard InChI is InChI=1S/C19H18Cl2N2O3S/c1-2-14-6-8-15(9-7-14)19(24)22-10-12-23(13-11-22)27(25,26)17-5-3-4-16(20)18(17)21/h2-9H,1,10-13H2. The summed E-state index contributed by atoms with van der Waals surface area (Å²) in [5.41, 5.74) is 1.50. The summed E-state index contributed by atoms with van der Waals surface area (Å²) in [4.78, 5) is 14.2. The van der Waals surface area contributed by atoms with E-state index in [0.717, 1.165) is 5.56 Å². The highest BCUT2D eigenvalue weighted by Gasteiger charge is 2.32. The second-order valence-corrected chi connectivity index (χ2v) is 8.77. The second-order valence-electron chi connectivity index (χ2n) is 6.07. The van der Waals surface area contributed by atoms with Crippen LogP contribution in [0.2, 0.25) is 10.0 Å². The number of benzene rings is 2. The van der Waals surface area contributed by atoms with Crippen molar-refractivity contribution in [2.75, 3.05) is 26.2 Å². The van der Waals surface area contributed by atoms with Crippen LogP contribution in [-0.4, -0.2) is 49.7 Å². The quantitative estimate of drug-likeness (QED) is 0.749. The van der Waals surface area contributed by atoms with Crippen LogP contribution in [0, 0.1) is 0 Å². The number of amides is 1. The van der Waals surface area contributed by atoms with E-state index >= 15 is 0 Å². The Labute approximate surface area is 168 Å². The highest BCUT2D eigenvalue weighted by Crippen LogP contribution is 2.31. The van der Waals surface area contributed by atoms with Gasteiger partial charge in [-0.1, -0.05) is 54.1 Å². The summed E-state index contributed by atoms with van der Waals surface area (Å²) in [5, 5.41) is 0.203. The van der Waals surface area contributed by atoms with E-state index in [2.05, 4.69) is 6.58 Å². The van der Waals surface area contributed by atoms with Crippen LogP contribution in [-0.2, 0) is 10.0 Å². The fraction of sp³-hybridized carbons (Fsp3) is 0.211. The van der Waals surface area contributed by atoms with Crippen LogP contribution >= 0.6 is 23.2 Å². The van der Waals surface area contributed by atoms with Crippen molar-refractivity contribution >= 4 is 45.2 Å². The van der Waals surface area contributed by atoms with Crippen molar-refractivity contribution in [3.8, 4) is 0 Å². The van der Waals surface area contributed by atoms with Gasteiger partial charge in [-0.05, 0) is 29.8 Å². The van der Waals surface area contributed by atoms with Gasteiger partial charge in [-0.25, -0.2) is 8.42 Å². The Kier molecular flexibility index (Phi) is 5.91. The maximum absolute atomic E-state index is 12.8. The average Bonchev–Trinajstić information content (AvgIpc) is 2.69. The molecule has 2 aromatic carbocycles. The van der Waals surface area contributed by atoms with E-state index in [1.807, 2.05) is 12.1 Å². The molecule has 27 heavy (non-hydrogen) atoms. The number of halogens is 2. The minimum Gasteiger partial charge on any atom is -0.336 e. The summed E-state index contributed by atoms with van der Waals surface area (Å²) in [6.07, 6.45) is 1.71. The minimum atomic E-state index is -3.77. The maximum Gasteiger partial charge on any atom is 0.253 e. The number of rotatable bonds is 4. The summed E-state index contributed by atoms with van der Waals surface area (Å²) in [5.74, 6) is -0.122. The first-order chi connectivity index (χ1) is 12.8. The van der Waals surface area contributed by atoms with Crippen LogP contribution in [0.5, 0.6) is 0 Å². The molecule has 0 atom stereocenters. The summed E-state index contributed by atoms with van der Waals surface area (Å²) < 4.78 is 27.0. The summed E-state index contributed by atoms with van der Waals surface area (Å²) in [6, 6.07) is 11.7. The van der Waals surface area contributed by atoms with E-state index in [-0.39, 0.29) is 33.9 Å². The average molecular weight is 425 g/mol. The Hall–Kier alpha value is -1.86. The highest BCUT2D eigenvalue weighted by molar-refractivity contribution is 7.89. The van der Waals surface area contributed by atoms with Crippen molar-refractivity contribution in [3.05, 3.63) is 70.2 Å². The van der Waals surface area contributed by atoms with E-state index in [4.69, 9.17) is 23.2 Å². The number of carbonyl (C=O) groups excluding carboxylic acids is 1. The Bertz CT molecular complexity index is 967. The molecule has 0 aliphatic carbocycles. The molecule has 8 heteroatoms. The molecule has 1 heterocycles. The van der Waals surface area contributed by atoms with Crippen LogP contribution in [0.25, 0.3) is 6.08 Å². The monoisotopic (exact) mass is 424 g/mol. The van der Waals surface area contributed by atoms with E-state index in [1.165, 1.54) is 16.4 Å². The fourth-order valence-corrected chi connectivity index (χ4v) is 5.06. The Morgan fingerprint density at radius 3 is 2.22 bits per heavy atom. The number of hydrogen-bond donors (Lipinski definition) is 0. The smallest absolute Gasteiger partial charge is 0.253 e. The molecule has 2 aromatic rings. The number of sulfonamides is 1. The van der Waals surface area contributed by atoms with Gasteiger partial charge >= 0.3 is 0 Å². The molecule has 1 saturated heterocycles. The van der Waals surface area contributed by atoms with Gasteiger partial charge in [0.15, 0.2) is 0 Å². The van der Waals surface area contributed by atoms with Gasteiger partial charge in [0.1, 0.15) is 4.90 Å². The fourth-order valence-electron chi connectivity index (χ4n) is 2.90. The first kappa shape index (κ1) is 19.9. The molecule has 0 N–H and O–H groups in total. The van der Waals surface area contributed by atoms with Gasteiger partial charge < -0.3 is 4.90 Å². The Morgan fingerprint density at radius 1 is 1.00 bits per heavy atom. The lowest BCUT2D eigenvalue weighted by Gasteiger charge is -2.34. The van der Waals surface area contributed by atoms with Gasteiger partial charge in [0.2, 0.25) is 10.0 Å². The van der Waals surface area contributed by atoms with Gasteiger partial charge in [-0.2, -0.15) is 4.31 Å². The largest absolute Gasteiger partial charge is 0.336 e. The molecule has 0 spiro atoms. The van der Waals surface area contributed by atoms with Crippen molar-refractivity contribution in [2.45, 2.75) is 4.90 Å². The number of hydrogen-bond acceptors (Lipinski definition) is 3. The maximum atomic E-state index is 12.8. The zero-order valence-electron chi connectivity index (χ0n) is 14.4. The molecule has 142 valence electrons. The lowest BCUT2D eigenvalue weighted by Crippen LogP contribution is -2.50. The van der Waals surface area contributed by atoms with E-state index in [1.54, 1.807) is 29.2 Å². The molecule has 5 nitrogen and oxygen atoms in total. The topological polar surface area (TPSA) is 57.7 Å². The van der Waals surface area contributed by atoms with Crippen LogP contribution in [0.4, 0.5) is 0 Å². The van der Waals surface area contributed by atoms with E-state index < -0.39 is 10.0 Å². The minimum absolute atomic E-state index is 0.0139. The first-order valence-corrected chi connectivity index (χ1v) is 10.5. The lowest BCUT2D eigenvalue weighted by molar-refractivity contribution is 0.0698. The van der Waals surface area contributed by atoms with Crippen LogP contribution in [0.3, 0.4) is 0 Å². The van der Waals surface area contributed by atoms with Gasteiger partial charge in [0.05, 0.1) is 10.0 Å². The third-order valence-electron chi connectivity index (χ3n) is 4.45. The predicted molar refractivity (Wildman–Crippen MR) is 108 cm³/mol. The van der Waals surface area contributed by atoms with Crippen molar-refractivity contribution in [1.82, 2.24) is 9.21 Å². The summed E-state index contributed by atoms with van der Waals surface area (Å²) in [6.45, 7) is 4.69. The number of piperazine rings is 1. The van der Waals surface area contributed by atoms with E-state index in [0.29, 0.717) is 18.7 Å². The normalized spacial score (nSPS) is 15.6. The van der Waals surface area contributed by atoms with Crippen molar-refractivity contribution < 1.29 is 13.2 Å². The van der Waals surface area contributed by atoms with Gasteiger partial charge in [0, 0.05) is 31.7 Å². The zero-order chi connectivity index (χ0) is 19.6. The van der Waals surface area contributed by atoms with Crippen LogP contribution in [0.15, 0.2) is 53.9 Å². The molecule has 1 aliphatic rings. The molecule has 1 amide bonds. The molecule has 1 aliphatic heterocycles. The molecule has 1 fully saturated rings. The first-order valence-electron chi connectivity index (χ1n) is 8.30. The van der Waals surface area contributed by atoms with Crippen LogP contribution in [0.1, 0.15) is 15.9 Å². The third kappa shape index (κ3) is 4.04. The molecular weight excluding hydrogens is 407 g/mol. The van der Waals surface area contributed by atoms with Crippen LogP contribution < -0.4 is 0 Å². The van der Waals surface area contributed by atoms with Crippen molar-refractivity contribution in [3.63, 3.8) is 0 Å². The van der Waals surface area contributed by atoms with Gasteiger partial charge in [0.25, 0.3) is 5.91 Å². The summed E-state index contributed by atoms with van der Waals surface area (Å²) >= 11 is 12.0. The molecular formula is C19H18Cl2N2O3S. The highest BCUT2D eigenvalue weighted by atomic mass is 35.5. The zero-order valence-corrected chi connectivity index (χ0v) is 16.8. The molecule has 3 rings (SSSR count). The lowest BCUT2D eigenvalue weighted by atomic mass is 10.1. The number of nitrogens with zero attached hydrogens (tertiary/aromatic N) is 2. The SMILES string of the molecule is C=Cc1ccc(C(=O)N2CCN(S(=O)(=O)c3cccc(Cl)c3Cl)CC2)cc1. The summed E-state index contributed by atoms with van der Waals surface area (Å²) in [7, 11) is -3.77. The van der Waals surface area contributed by atoms with Gasteiger partial charge in [-0.15, -0.1) is 0 Å². The second kappa shape index (κ2) is 8.02. The number of carbonyl (C=O) groups is 1. The van der Waals surface area contributed by atoms with Crippen molar-refractivity contribution in [1.29, 1.82) is 0 Å². The predicted octanol–water partition coefficient (Wildman–Crippen LogP) is 3.78. The molecule has 0 unspecified atom stereocenters. The molecule has 0 radical (unpaired) electrons.